The fraction of sp³-hybridized carbons (Fsp3) is 1.00. The van der Waals surface area contributed by atoms with E-state index in [1.807, 2.05) is 0 Å². The molecule has 1 rings (SSSR count). The van der Waals surface area contributed by atoms with Crippen LogP contribution in [0.5, 0.6) is 0 Å². The summed E-state index contributed by atoms with van der Waals surface area (Å²) in [7, 11) is 2.12. The molecular formula is C3H7S2Sb. The second kappa shape index (κ2) is 2.74. The molecule has 0 aromatic carbocycles. The van der Waals surface area contributed by atoms with Gasteiger partial charge in [0, 0.05) is 0 Å². The van der Waals surface area contributed by atoms with E-state index in [1.54, 1.807) is 0 Å². The summed E-state index contributed by atoms with van der Waals surface area (Å²) in [6.45, 7) is 0. The molecule has 0 aliphatic carbocycles. The van der Waals surface area contributed by atoms with Crippen LogP contribution in [0.25, 0.3) is 0 Å². The van der Waals surface area contributed by atoms with Crippen molar-refractivity contribution in [3.63, 3.8) is 0 Å². The Morgan fingerprint density at radius 1 is 1.67 bits per heavy atom. The van der Waals surface area contributed by atoms with Crippen LogP contribution in [0.4, 0.5) is 0 Å². The standard InChI is InChI=1S/C3H6S2.Sb.2H/c4-3-1-5-2-3;;;/h3-4H,1-2H2;;;/q;+1;;/p-1. The van der Waals surface area contributed by atoms with Gasteiger partial charge in [-0.2, -0.15) is 0 Å². The molecule has 0 bridgehead atoms. The van der Waals surface area contributed by atoms with Gasteiger partial charge in [-0.15, -0.1) is 0 Å². The van der Waals surface area contributed by atoms with E-state index in [1.165, 1.54) is 33.1 Å². The quantitative estimate of drug-likeness (QED) is 0.596. The van der Waals surface area contributed by atoms with Gasteiger partial charge < -0.3 is 0 Å². The van der Waals surface area contributed by atoms with Gasteiger partial charge in [0.25, 0.3) is 0 Å². The summed E-state index contributed by atoms with van der Waals surface area (Å²) in [6, 6.07) is 0. The molecule has 3 heteroatoms. The number of hydrogen-bond acceptors (Lipinski definition) is 2. The third kappa shape index (κ3) is 1.24. The van der Waals surface area contributed by atoms with E-state index in [0.29, 0.717) is 0 Å². The number of hydrogen-bond donors (Lipinski definition) is 0. The topological polar surface area (TPSA) is 0 Å². The summed E-state index contributed by atoms with van der Waals surface area (Å²) in [5, 5.41) is 1.05. The van der Waals surface area contributed by atoms with E-state index < -0.39 is 0 Å². The van der Waals surface area contributed by atoms with Crippen LogP contribution >= 0.6 is 20.6 Å². The summed E-state index contributed by atoms with van der Waals surface area (Å²) < 4.78 is 0. The molecule has 1 saturated heterocycles. The van der Waals surface area contributed by atoms with E-state index >= 15 is 0 Å². The molecule has 0 atom stereocenters. The molecule has 0 unspecified atom stereocenters. The zero-order valence-corrected chi connectivity index (χ0v) is 8.31. The molecule has 0 nitrogen and oxygen atoms in total. The Bertz CT molecular complexity index is 41.3. The summed E-state index contributed by atoms with van der Waals surface area (Å²) in [5.74, 6) is 2.85. The number of thioether (sulfide) groups is 1. The summed E-state index contributed by atoms with van der Waals surface area (Å²) in [4.78, 5) is 0. The van der Waals surface area contributed by atoms with Gasteiger partial charge in [-0.1, -0.05) is 0 Å². The first-order chi connectivity index (χ1) is 2.93. The van der Waals surface area contributed by atoms with Crippen LogP contribution < -0.4 is 0 Å². The molecule has 0 spiro atoms. The Kier molecular flexibility index (Phi) is 2.58. The minimum atomic E-state index is 1.05. The van der Waals surface area contributed by atoms with Gasteiger partial charge in [-0.05, 0) is 0 Å². The third-order valence-electron chi connectivity index (χ3n) is 0.800. The van der Waals surface area contributed by atoms with Crippen LogP contribution in [0.2, 0.25) is 0 Å². The van der Waals surface area contributed by atoms with Gasteiger partial charge in [0.15, 0.2) is 0 Å². The Balaban J connectivity index is 2.01. The van der Waals surface area contributed by atoms with E-state index in [4.69, 9.17) is 0 Å². The van der Waals surface area contributed by atoms with Crippen molar-refractivity contribution in [2.24, 2.45) is 0 Å². The van der Waals surface area contributed by atoms with Gasteiger partial charge in [0.05, 0.1) is 0 Å². The molecule has 0 aromatic heterocycles. The van der Waals surface area contributed by atoms with E-state index in [2.05, 4.69) is 20.6 Å². The van der Waals surface area contributed by atoms with Crippen LogP contribution in [-0.4, -0.2) is 38.4 Å². The monoisotopic (exact) mass is 228 g/mol. The first kappa shape index (κ1) is 5.65. The maximum absolute atomic E-state index is 2.12. The second-order valence-corrected chi connectivity index (χ2v) is 5.64. The molecule has 0 N–H and O–H groups in total. The summed E-state index contributed by atoms with van der Waals surface area (Å²) >= 11 is 3.46. The van der Waals surface area contributed by atoms with Crippen molar-refractivity contribution in [1.82, 2.24) is 0 Å². The van der Waals surface area contributed by atoms with Gasteiger partial charge in [0.2, 0.25) is 0 Å². The van der Waals surface area contributed by atoms with Crippen LogP contribution in [0.3, 0.4) is 0 Å². The van der Waals surface area contributed by atoms with Crippen molar-refractivity contribution in [3.05, 3.63) is 0 Å². The molecule has 36 valence electrons. The maximum atomic E-state index is 2.12. The molecule has 0 aromatic rings. The Morgan fingerprint density at radius 3 is 2.33 bits per heavy atom. The summed E-state index contributed by atoms with van der Waals surface area (Å²) in [6.07, 6.45) is 0. The SMILES string of the molecule is [SbH2][S]C1CSC1. The van der Waals surface area contributed by atoms with Crippen molar-refractivity contribution >= 4 is 42.2 Å². The second-order valence-electron chi connectivity index (χ2n) is 1.30. The molecule has 0 amide bonds. The Labute approximate surface area is 58.7 Å². The Hall–Kier alpha value is 1.52. The molecule has 1 heterocycles. The fourth-order valence-corrected chi connectivity index (χ4v) is 5.96. The normalized spacial score (nSPS) is 23.5. The summed E-state index contributed by atoms with van der Waals surface area (Å²) in [5.41, 5.74) is 0. The van der Waals surface area contributed by atoms with E-state index in [9.17, 15) is 0 Å². The Morgan fingerprint density at radius 2 is 2.33 bits per heavy atom. The van der Waals surface area contributed by atoms with Crippen LogP contribution in [0, 0.1) is 0 Å². The van der Waals surface area contributed by atoms with Crippen molar-refractivity contribution in [1.29, 1.82) is 0 Å². The van der Waals surface area contributed by atoms with Crippen LogP contribution in [0.15, 0.2) is 0 Å². The third-order valence-corrected chi connectivity index (χ3v) is 6.51. The zero-order chi connectivity index (χ0) is 4.41. The molecule has 0 radical (unpaired) electrons. The minimum absolute atomic E-state index is 1.05. The van der Waals surface area contributed by atoms with Crippen LogP contribution in [0.1, 0.15) is 0 Å². The first-order valence-electron chi connectivity index (χ1n) is 1.87. The fourth-order valence-electron chi connectivity index (χ4n) is 0.293. The molecule has 0 saturated carbocycles. The van der Waals surface area contributed by atoms with Crippen LogP contribution in [-0.2, 0) is 0 Å². The average molecular weight is 229 g/mol. The molecule has 1 aliphatic heterocycles. The van der Waals surface area contributed by atoms with Gasteiger partial charge >= 0.3 is 59.0 Å². The van der Waals surface area contributed by atoms with E-state index in [-0.39, 0.29) is 0 Å². The number of rotatable bonds is 1. The molecule has 6 heavy (non-hydrogen) atoms. The predicted octanol–water partition coefficient (Wildman–Crippen LogP) is 0.383. The van der Waals surface area contributed by atoms with Gasteiger partial charge in [-0.25, -0.2) is 0 Å². The van der Waals surface area contributed by atoms with E-state index in [0.717, 1.165) is 5.25 Å². The first-order valence-corrected chi connectivity index (χ1v) is 8.00. The van der Waals surface area contributed by atoms with Crippen molar-refractivity contribution in [3.8, 4) is 0 Å². The van der Waals surface area contributed by atoms with Crippen molar-refractivity contribution in [2.45, 2.75) is 5.25 Å². The predicted molar refractivity (Wildman–Crippen MR) is 37.2 cm³/mol. The van der Waals surface area contributed by atoms with Gasteiger partial charge in [-0.3, -0.25) is 0 Å². The zero-order valence-electron chi connectivity index (χ0n) is 3.39. The molecule has 1 aliphatic rings. The van der Waals surface area contributed by atoms with Gasteiger partial charge in [0.1, 0.15) is 0 Å². The molecular weight excluding hydrogens is 222 g/mol. The van der Waals surface area contributed by atoms with Crippen molar-refractivity contribution < 1.29 is 0 Å². The van der Waals surface area contributed by atoms with Crippen molar-refractivity contribution in [2.75, 3.05) is 11.5 Å². The average Bonchev–Trinajstić information content (AvgIpc) is 1.31. The molecule has 1 fully saturated rings.